The fourth-order valence-electron chi connectivity index (χ4n) is 3.53. The van der Waals surface area contributed by atoms with Crippen LogP contribution in [0, 0.1) is 12.7 Å². The zero-order chi connectivity index (χ0) is 21.5. The third kappa shape index (κ3) is 4.27. The second-order valence-electron chi connectivity index (χ2n) is 7.27. The lowest BCUT2D eigenvalue weighted by Gasteiger charge is -2.34. The van der Waals surface area contributed by atoms with Gasteiger partial charge in [-0.2, -0.15) is 13.9 Å². The molecule has 0 radical (unpaired) electrons. The van der Waals surface area contributed by atoms with Crippen LogP contribution in [0.5, 0.6) is 0 Å². The Morgan fingerprint density at radius 2 is 1.80 bits per heavy atom. The molecule has 3 aromatic rings. The van der Waals surface area contributed by atoms with E-state index in [1.807, 2.05) is 0 Å². The first kappa shape index (κ1) is 20.6. The largest absolute Gasteiger partial charge is 0.364 e. The lowest BCUT2D eigenvalue weighted by atomic mass is 10.2. The van der Waals surface area contributed by atoms with Gasteiger partial charge in [0.25, 0.3) is 5.91 Å². The smallest absolute Gasteiger partial charge is 0.335 e. The van der Waals surface area contributed by atoms with Crippen LogP contribution in [-0.4, -0.2) is 56.5 Å². The minimum atomic E-state index is -3.63. The number of piperazine rings is 1. The van der Waals surface area contributed by atoms with Gasteiger partial charge in [0.1, 0.15) is 11.5 Å². The quantitative estimate of drug-likeness (QED) is 0.587. The van der Waals surface area contributed by atoms with Gasteiger partial charge in [-0.15, -0.1) is 0 Å². The number of aromatic nitrogens is 3. The number of rotatable bonds is 4. The molecule has 10 heteroatoms. The van der Waals surface area contributed by atoms with Gasteiger partial charge in [0, 0.05) is 44.5 Å². The maximum absolute atomic E-state index is 13.7. The highest BCUT2D eigenvalue weighted by molar-refractivity contribution is 6.21. The summed E-state index contributed by atoms with van der Waals surface area (Å²) in [6.45, 7) is 4.45. The van der Waals surface area contributed by atoms with Gasteiger partial charge in [0.15, 0.2) is 11.3 Å². The van der Waals surface area contributed by atoms with Crippen molar-refractivity contribution >= 4 is 23.2 Å². The van der Waals surface area contributed by atoms with Crippen LogP contribution in [0.3, 0.4) is 0 Å². The number of halogens is 4. The number of carbonyl (C=O) groups is 1. The van der Waals surface area contributed by atoms with Crippen LogP contribution in [0.15, 0.2) is 36.4 Å². The molecular formula is C20H19ClF3N5O. The van der Waals surface area contributed by atoms with E-state index in [4.69, 9.17) is 11.6 Å². The van der Waals surface area contributed by atoms with Gasteiger partial charge in [-0.25, -0.2) is 13.9 Å². The number of nitrogens with zero attached hydrogens (tertiary/aromatic N) is 5. The molecule has 3 heterocycles. The number of amides is 1. The monoisotopic (exact) mass is 437 g/mol. The zero-order valence-electron chi connectivity index (χ0n) is 16.2. The summed E-state index contributed by atoms with van der Waals surface area (Å²) in [5, 5.41) is 0.405. The van der Waals surface area contributed by atoms with Crippen molar-refractivity contribution in [3.05, 3.63) is 64.9 Å². The van der Waals surface area contributed by atoms with Gasteiger partial charge in [0.2, 0.25) is 0 Å². The summed E-state index contributed by atoms with van der Waals surface area (Å²) < 4.78 is 41.4. The number of alkyl halides is 3. The van der Waals surface area contributed by atoms with Gasteiger partial charge >= 0.3 is 5.38 Å². The molecule has 2 aromatic heterocycles. The number of aryl methyl sites for hydroxylation is 1. The number of hydrogen-bond acceptors (Lipinski definition) is 4. The highest BCUT2D eigenvalue weighted by atomic mass is 35.5. The maximum atomic E-state index is 13.7. The van der Waals surface area contributed by atoms with E-state index in [0.29, 0.717) is 38.4 Å². The minimum Gasteiger partial charge on any atom is -0.335 e. The maximum Gasteiger partial charge on any atom is 0.364 e. The molecule has 158 valence electrons. The molecule has 0 spiro atoms. The van der Waals surface area contributed by atoms with Crippen LogP contribution in [0.2, 0.25) is 0 Å². The molecule has 1 amide bonds. The van der Waals surface area contributed by atoms with E-state index in [9.17, 15) is 18.0 Å². The number of fused-ring (bicyclic) bond motifs is 1. The molecule has 1 aliphatic rings. The summed E-state index contributed by atoms with van der Waals surface area (Å²) in [4.78, 5) is 20.8. The normalized spacial score (nSPS) is 15.7. The first-order valence-electron chi connectivity index (χ1n) is 9.41. The van der Waals surface area contributed by atoms with E-state index < -0.39 is 11.1 Å². The van der Waals surface area contributed by atoms with Gasteiger partial charge in [-0.05, 0) is 42.3 Å². The van der Waals surface area contributed by atoms with Crippen LogP contribution in [0.25, 0.3) is 5.65 Å². The molecule has 6 nitrogen and oxygen atoms in total. The Hall–Kier alpha value is -2.65. The second-order valence-corrected chi connectivity index (χ2v) is 7.75. The summed E-state index contributed by atoms with van der Waals surface area (Å²) in [7, 11) is 0. The fourth-order valence-corrected chi connectivity index (χ4v) is 3.66. The van der Waals surface area contributed by atoms with E-state index in [1.54, 1.807) is 24.0 Å². The van der Waals surface area contributed by atoms with E-state index >= 15 is 0 Å². The summed E-state index contributed by atoms with van der Waals surface area (Å²) in [6, 6.07) is 8.87. The van der Waals surface area contributed by atoms with Gasteiger partial charge in [0.05, 0.1) is 0 Å². The van der Waals surface area contributed by atoms with Crippen molar-refractivity contribution in [2.45, 2.75) is 18.9 Å². The van der Waals surface area contributed by atoms with E-state index in [-0.39, 0.29) is 23.1 Å². The Kier molecular flexibility index (Phi) is 5.42. The van der Waals surface area contributed by atoms with Crippen molar-refractivity contribution in [2.24, 2.45) is 0 Å². The Balaban J connectivity index is 1.46. The van der Waals surface area contributed by atoms with Crippen LogP contribution in [-0.2, 0) is 11.9 Å². The molecule has 4 rings (SSSR count). The highest BCUT2D eigenvalue weighted by Gasteiger charge is 2.33. The molecular weight excluding hydrogens is 419 g/mol. The van der Waals surface area contributed by atoms with Crippen molar-refractivity contribution in [3.8, 4) is 0 Å². The lowest BCUT2D eigenvalue weighted by molar-refractivity contribution is 0.0620. The Bertz CT molecular complexity index is 1070. The zero-order valence-corrected chi connectivity index (χ0v) is 16.9. The average molecular weight is 438 g/mol. The average Bonchev–Trinajstić information content (AvgIpc) is 3.12. The number of hydrogen-bond donors (Lipinski definition) is 0. The number of carbonyl (C=O) groups excluding carboxylic acids is 1. The van der Waals surface area contributed by atoms with E-state index in [0.717, 1.165) is 16.1 Å². The molecule has 1 aromatic carbocycles. The Labute approximate surface area is 175 Å². The summed E-state index contributed by atoms with van der Waals surface area (Å²) >= 11 is 5.19. The van der Waals surface area contributed by atoms with Crippen molar-refractivity contribution in [3.63, 3.8) is 0 Å². The van der Waals surface area contributed by atoms with Crippen LogP contribution < -0.4 is 0 Å². The predicted molar refractivity (Wildman–Crippen MR) is 105 cm³/mol. The Morgan fingerprint density at radius 1 is 1.13 bits per heavy atom. The van der Waals surface area contributed by atoms with Crippen molar-refractivity contribution in [1.29, 1.82) is 0 Å². The van der Waals surface area contributed by atoms with Gasteiger partial charge < -0.3 is 4.90 Å². The van der Waals surface area contributed by atoms with Crippen molar-refractivity contribution in [1.82, 2.24) is 24.4 Å². The molecule has 1 saturated heterocycles. The van der Waals surface area contributed by atoms with Crippen LogP contribution in [0.4, 0.5) is 13.2 Å². The second kappa shape index (κ2) is 7.88. The van der Waals surface area contributed by atoms with E-state index in [1.165, 1.54) is 18.2 Å². The van der Waals surface area contributed by atoms with Crippen LogP contribution in [0.1, 0.15) is 27.4 Å². The first-order chi connectivity index (χ1) is 14.2. The third-order valence-electron chi connectivity index (χ3n) is 5.04. The molecule has 0 aliphatic carbocycles. The summed E-state index contributed by atoms with van der Waals surface area (Å²) in [5.41, 5.74) is 0.999. The van der Waals surface area contributed by atoms with Gasteiger partial charge in [-0.3, -0.25) is 9.69 Å². The molecule has 30 heavy (non-hydrogen) atoms. The molecule has 1 fully saturated rings. The van der Waals surface area contributed by atoms with Gasteiger partial charge in [-0.1, -0.05) is 12.1 Å². The first-order valence-corrected chi connectivity index (χ1v) is 9.79. The Morgan fingerprint density at radius 3 is 2.43 bits per heavy atom. The van der Waals surface area contributed by atoms with Crippen molar-refractivity contribution in [2.75, 3.05) is 26.2 Å². The summed E-state index contributed by atoms with van der Waals surface area (Å²) in [5.74, 6) is -0.621. The standard InChI is InChI=1S/C20H19ClF3N5O/c1-13-10-17(20(21,23)24)29-18(25-13)11-16(26-29)19(30)28-8-6-27(7-9-28)12-14-2-4-15(22)5-3-14/h2-5,10-11H,6-9,12H2,1H3. The molecule has 0 bridgehead atoms. The molecule has 0 N–H and O–H groups in total. The van der Waals surface area contributed by atoms with Crippen molar-refractivity contribution < 1.29 is 18.0 Å². The molecule has 0 unspecified atom stereocenters. The minimum absolute atomic E-state index is 0.0438. The third-order valence-corrected chi connectivity index (χ3v) is 5.24. The summed E-state index contributed by atoms with van der Waals surface area (Å²) in [6.07, 6.45) is 0. The molecule has 1 aliphatic heterocycles. The molecule has 0 saturated carbocycles. The van der Waals surface area contributed by atoms with Crippen LogP contribution >= 0.6 is 11.6 Å². The molecule has 0 atom stereocenters. The lowest BCUT2D eigenvalue weighted by Crippen LogP contribution is -2.48. The highest BCUT2D eigenvalue weighted by Crippen LogP contribution is 2.32. The SMILES string of the molecule is Cc1cc(C(F)(F)Cl)n2nc(C(=O)N3CCN(Cc4ccc(F)cc4)CC3)cc2n1. The number of benzene rings is 1. The fraction of sp³-hybridized carbons (Fsp3) is 0.350. The topological polar surface area (TPSA) is 53.7 Å². The van der Waals surface area contributed by atoms with E-state index in [2.05, 4.69) is 15.0 Å². The predicted octanol–water partition coefficient (Wildman–Crippen LogP) is 3.42.